The SMILES string of the molecule is CNC(/C=C\C(C)C)=C(/C=N)OC. The summed E-state index contributed by atoms with van der Waals surface area (Å²) in [6.07, 6.45) is 5.17. The molecule has 0 unspecified atom stereocenters. The number of allylic oxidation sites excluding steroid dienone is 3. The molecule has 0 aromatic heterocycles. The summed E-state index contributed by atoms with van der Waals surface area (Å²) >= 11 is 0. The Hall–Kier alpha value is -1.25. The Morgan fingerprint density at radius 2 is 2.08 bits per heavy atom. The molecule has 0 fully saturated rings. The first-order valence-corrected chi connectivity index (χ1v) is 4.30. The fraction of sp³-hybridized carbons (Fsp3) is 0.500. The number of likely N-dealkylation sites (N-methyl/N-ethyl adjacent to an activating group) is 1. The van der Waals surface area contributed by atoms with Crippen molar-refractivity contribution in [1.82, 2.24) is 5.32 Å². The number of ether oxygens (including phenoxy) is 1. The van der Waals surface area contributed by atoms with Crippen molar-refractivity contribution in [2.24, 2.45) is 5.92 Å². The zero-order valence-corrected chi connectivity index (χ0v) is 8.72. The quantitative estimate of drug-likeness (QED) is 0.387. The molecule has 0 aromatic carbocycles. The van der Waals surface area contributed by atoms with E-state index in [1.165, 1.54) is 6.21 Å². The van der Waals surface area contributed by atoms with Gasteiger partial charge in [0.1, 0.15) is 0 Å². The molecule has 0 saturated carbocycles. The highest BCUT2D eigenvalue weighted by molar-refractivity contribution is 5.74. The van der Waals surface area contributed by atoms with E-state index in [-0.39, 0.29) is 0 Å². The lowest BCUT2D eigenvalue weighted by atomic mass is 10.2. The van der Waals surface area contributed by atoms with Crippen molar-refractivity contribution in [3.63, 3.8) is 0 Å². The molecule has 0 atom stereocenters. The number of rotatable bonds is 5. The largest absolute Gasteiger partial charge is 0.493 e. The topological polar surface area (TPSA) is 45.1 Å². The van der Waals surface area contributed by atoms with Gasteiger partial charge in [0.05, 0.1) is 19.0 Å². The van der Waals surface area contributed by atoms with Crippen LogP contribution < -0.4 is 5.32 Å². The first-order valence-electron chi connectivity index (χ1n) is 4.30. The second-order valence-electron chi connectivity index (χ2n) is 2.98. The fourth-order valence-electron chi connectivity index (χ4n) is 0.824. The summed E-state index contributed by atoms with van der Waals surface area (Å²) in [6.45, 7) is 4.20. The molecule has 3 heteroatoms. The van der Waals surface area contributed by atoms with Gasteiger partial charge in [-0.05, 0) is 12.0 Å². The van der Waals surface area contributed by atoms with E-state index >= 15 is 0 Å². The van der Waals surface area contributed by atoms with E-state index in [1.54, 1.807) is 7.11 Å². The maximum absolute atomic E-state index is 7.10. The van der Waals surface area contributed by atoms with Crippen molar-refractivity contribution < 1.29 is 4.74 Å². The van der Waals surface area contributed by atoms with Gasteiger partial charge in [-0.25, -0.2) is 0 Å². The van der Waals surface area contributed by atoms with Gasteiger partial charge in [0, 0.05) is 7.05 Å². The maximum Gasteiger partial charge on any atom is 0.159 e. The highest BCUT2D eigenvalue weighted by Gasteiger charge is 1.98. The highest BCUT2D eigenvalue weighted by atomic mass is 16.5. The van der Waals surface area contributed by atoms with Crippen molar-refractivity contribution in [3.8, 4) is 0 Å². The van der Waals surface area contributed by atoms with Crippen molar-refractivity contribution in [2.45, 2.75) is 13.8 Å². The molecule has 0 aliphatic heterocycles. The predicted octanol–water partition coefficient (Wildman–Crippen LogP) is 1.93. The Morgan fingerprint density at radius 3 is 2.38 bits per heavy atom. The van der Waals surface area contributed by atoms with E-state index in [1.807, 2.05) is 19.2 Å². The molecule has 0 saturated heterocycles. The van der Waals surface area contributed by atoms with Gasteiger partial charge in [0.25, 0.3) is 0 Å². The molecule has 74 valence electrons. The summed E-state index contributed by atoms with van der Waals surface area (Å²) in [7, 11) is 3.36. The van der Waals surface area contributed by atoms with Crippen LogP contribution in [0.5, 0.6) is 0 Å². The molecule has 0 heterocycles. The zero-order chi connectivity index (χ0) is 10.3. The van der Waals surface area contributed by atoms with E-state index < -0.39 is 0 Å². The molecule has 0 aliphatic carbocycles. The second-order valence-corrected chi connectivity index (χ2v) is 2.98. The van der Waals surface area contributed by atoms with Crippen LogP contribution in [0, 0.1) is 11.3 Å². The van der Waals surface area contributed by atoms with E-state index in [9.17, 15) is 0 Å². The summed E-state index contributed by atoms with van der Waals surface area (Å²) in [4.78, 5) is 0. The van der Waals surface area contributed by atoms with Gasteiger partial charge in [0.15, 0.2) is 5.76 Å². The van der Waals surface area contributed by atoms with Crippen LogP contribution in [0.15, 0.2) is 23.6 Å². The zero-order valence-electron chi connectivity index (χ0n) is 8.72. The van der Waals surface area contributed by atoms with Crippen LogP contribution in [0.1, 0.15) is 13.8 Å². The van der Waals surface area contributed by atoms with Gasteiger partial charge in [-0.1, -0.05) is 19.9 Å². The van der Waals surface area contributed by atoms with E-state index in [2.05, 4.69) is 19.2 Å². The first-order chi connectivity index (χ1) is 6.15. The van der Waals surface area contributed by atoms with E-state index in [0.717, 1.165) is 5.70 Å². The van der Waals surface area contributed by atoms with Crippen LogP contribution in [0.2, 0.25) is 0 Å². The third-order valence-electron chi connectivity index (χ3n) is 1.53. The molecule has 0 amide bonds. The lowest BCUT2D eigenvalue weighted by Gasteiger charge is -2.06. The predicted molar refractivity (Wildman–Crippen MR) is 55.9 cm³/mol. The van der Waals surface area contributed by atoms with Gasteiger partial charge < -0.3 is 15.5 Å². The molecular weight excluding hydrogens is 164 g/mol. The second kappa shape index (κ2) is 6.29. The number of methoxy groups -OCH3 is 1. The molecule has 0 radical (unpaired) electrons. The molecule has 13 heavy (non-hydrogen) atoms. The standard InChI is InChI=1S/C10H18N2O/c1-8(2)5-6-9(12-3)10(7-11)13-4/h5-8,11-12H,1-4H3/b6-5-,10-9-,11-7?. The van der Waals surface area contributed by atoms with Gasteiger partial charge in [-0.15, -0.1) is 0 Å². The number of nitrogens with one attached hydrogen (secondary N) is 2. The summed E-state index contributed by atoms with van der Waals surface area (Å²) in [5, 5.41) is 10.1. The third-order valence-corrected chi connectivity index (χ3v) is 1.53. The van der Waals surface area contributed by atoms with Gasteiger partial charge >= 0.3 is 0 Å². The van der Waals surface area contributed by atoms with Crippen LogP contribution in [-0.4, -0.2) is 20.4 Å². The van der Waals surface area contributed by atoms with Crippen LogP contribution in [0.4, 0.5) is 0 Å². The smallest absolute Gasteiger partial charge is 0.159 e. The fourth-order valence-corrected chi connectivity index (χ4v) is 0.824. The number of hydrogen-bond donors (Lipinski definition) is 2. The normalized spacial score (nSPS) is 13.0. The van der Waals surface area contributed by atoms with Crippen molar-refractivity contribution >= 4 is 6.21 Å². The molecule has 0 rings (SSSR count). The third kappa shape index (κ3) is 4.35. The maximum atomic E-state index is 7.10. The summed E-state index contributed by atoms with van der Waals surface area (Å²) in [5.74, 6) is 1.03. The Kier molecular flexibility index (Phi) is 5.68. The van der Waals surface area contributed by atoms with Crippen LogP contribution in [0.25, 0.3) is 0 Å². The average molecular weight is 182 g/mol. The monoisotopic (exact) mass is 182 g/mol. The van der Waals surface area contributed by atoms with Gasteiger partial charge in [-0.3, -0.25) is 0 Å². The Bertz CT molecular complexity index is 217. The summed E-state index contributed by atoms with van der Waals surface area (Å²) < 4.78 is 5.01. The molecule has 0 aliphatic rings. The van der Waals surface area contributed by atoms with E-state index in [4.69, 9.17) is 10.1 Å². The summed E-state index contributed by atoms with van der Waals surface area (Å²) in [6, 6.07) is 0. The molecule has 0 spiro atoms. The molecule has 3 nitrogen and oxygen atoms in total. The minimum absolute atomic E-state index is 0.493. The van der Waals surface area contributed by atoms with Crippen LogP contribution >= 0.6 is 0 Å². The van der Waals surface area contributed by atoms with Crippen molar-refractivity contribution in [3.05, 3.63) is 23.6 Å². The van der Waals surface area contributed by atoms with Gasteiger partial charge in [-0.2, -0.15) is 0 Å². The Morgan fingerprint density at radius 1 is 1.46 bits per heavy atom. The van der Waals surface area contributed by atoms with E-state index in [0.29, 0.717) is 11.7 Å². The Balaban J connectivity index is 4.65. The minimum Gasteiger partial charge on any atom is -0.493 e. The first kappa shape index (κ1) is 11.8. The van der Waals surface area contributed by atoms with Crippen molar-refractivity contribution in [2.75, 3.05) is 14.2 Å². The Labute approximate surface area is 80.0 Å². The highest BCUT2D eigenvalue weighted by Crippen LogP contribution is 2.03. The molecule has 0 bridgehead atoms. The average Bonchev–Trinajstić information content (AvgIpc) is 2.11. The van der Waals surface area contributed by atoms with Crippen LogP contribution in [-0.2, 0) is 4.74 Å². The molecule has 2 N–H and O–H groups in total. The number of hydrogen-bond acceptors (Lipinski definition) is 3. The van der Waals surface area contributed by atoms with Gasteiger partial charge in [0.2, 0.25) is 0 Å². The van der Waals surface area contributed by atoms with Crippen LogP contribution in [0.3, 0.4) is 0 Å². The summed E-state index contributed by atoms with van der Waals surface area (Å²) in [5.41, 5.74) is 0.825. The molecule has 0 aromatic rings. The molecular formula is C10H18N2O. The lowest BCUT2D eigenvalue weighted by Crippen LogP contribution is -2.09. The lowest BCUT2D eigenvalue weighted by molar-refractivity contribution is 0.311. The van der Waals surface area contributed by atoms with Crippen molar-refractivity contribution in [1.29, 1.82) is 5.41 Å². The minimum atomic E-state index is 0.493.